The molecule has 0 spiro atoms. The predicted molar refractivity (Wildman–Crippen MR) is 101 cm³/mol. The number of imide groups is 1. The summed E-state index contributed by atoms with van der Waals surface area (Å²) in [6.07, 6.45) is 0. The summed E-state index contributed by atoms with van der Waals surface area (Å²) in [5.74, 6) is -0.189. The summed E-state index contributed by atoms with van der Waals surface area (Å²) in [6, 6.07) is 12.1. The van der Waals surface area contributed by atoms with E-state index in [2.05, 4.69) is 10.6 Å². The summed E-state index contributed by atoms with van der Waals surface area (Å²) >= 11 is 5.97. The zero-order valence-electron chi connectivity index (χ0n) is 14.6. The van der Waals surface area contributed by atoms with E-state index in [1.165, 1.54) is 0 Å². The van der Waals surface area contributed by atoms with E-state index in [4.69, 9.17) is 16.3 Å². The molecule has 8 heteroatoms. The quantitative estimate of drug-likeness (QED) is 0.746. The van der Waals surface area contributed by atoms with Crippen molar-refractivity contribution >= 4 is 35.1 Å². The smallest absolute Gasteiger partial charge is 0.325 e. The van der Waals surface area contributed by atoms with E-state index >= 15 is 0 Å². The number of carbonyl (C=O) groups excluding carboxylic acids is 3. The number of halogens is 1. The number of ether oxygens (including phenoxy) is 1. The first kappa shape index (κ1) is 18.7. The lowest BCUT2D eigenvalue weighted by molar-refractivity contribution is -0.119. The van der Waals surface area contributed by atoms with Crippen LogP contribution in [0.15, 0.2) is 42.5 Å². The Morgan fingerprint density at radius 2 is 2.07 bits per heavy atom. The van der Waals surface area contributed by atoms with E-state index in [1.54, 1.807) is 18.2 Å². The van der Waals surface area contributed by atoms with Gasteiger partial charge in [0.2, 0.25) is 11.8 Å². The molecule has 1 heterocycles. The maximum atomic E-state index is 12.1. The van der Waals surface area contributed by atoms with Crippen LogP contribution in [0.1, 0.15) is 11.1 Å². The zero-order valence-corrected chi connectivity index (χ0v) is 15.4. The number of nitrogens with zero attached hydrogens (tertiary/aromatic N) is 1. The molecular formula is C19H18ClN3O4. The third-order valence-electron chi connectivity index (χ3n) is 3.96. The Labute approximate surface area is 161 Å². The molecule has 4 amide bonds. The first-order chi connectivity index (χ1) is 12.9. The zero-order chi connectivity index (χ0) is 19.4. The molecule has 2 aromatic rings. The number of nitrogens with one attached hydrogen (secondary N) is 2. The fraction of sp³-hybridized carbons (Fsp3) is 0.211. The molecule has 0 unspecified atom stereocenters. The van der Waals surface area contributed by atoms with Gasteiger partial charge in [-0.1, -0.05) is 29.8 Å². The van der Waals surface area contributed by atoms with E-state index < -0.39 is 17.8 Å². The number of benzene rings is 2. The molecule has 1 saturated heterocycles. The highest BCUT2D eigenvalue weighted by molar-refractivity contribution is 6.30. The van der Waals surface area contributed by atoms with E-state index in [1.807, 2.05) is 31.2 Å². The van der Waals surface area contributed by atoms with Crippen LogP contribution in [-0.4, -0.2) is 35.8 Å². The van der Waals surface area contributed by atoms with Gasteiger partial charge in [0.05, 0.1) is 0 Å². The van der Waals surface area contributed by atoms with Gasteiger partial charge in [0, 0.05) is 16.8 Å². The van der Waals surface area contributed by atoms with Crippen molar-refractivity contribution in [1.29, 1.82) is 0 Å². The van der Waals surface area contributed by atoms with Crippen molar-refractivity contribution in [2.45, 2.75) is 13.5 Å². The van der Waals surface area contributed by atoms with Crippen LogP contribution in [-0.2, 0) is 16.2 Å². The average molecular weight is 388 g/mol. The first-order valence-corrected chi connectivity index (χ1v) is 8.65. The summed E-state index contributed by atoms with van der Waals surface area (Å²) in [5, 5.41) is 5.47. The average Bonchev–Trinajstić information content (AvgIpc) is 2.92. The summed E-state index contributed by atoms with van der Waals surface area (Å²) < 4.78 is 5.84. The van der Waals surface area contributed by atoms with Crippen molar-refractivity contribution < 1.29 is 19.1 Å². The molecule has 0 atom stereocenters. The Morgan fingerprint density at radius 3 is 2.78 bits per heavy atom. The Balaban J connectivity index is 1.61. The molecule has 27 heavy (non-hydrogen) atoms. The van der Waals surface area contributed by atoms with E-state index in [9.17, 15) is 14.4 Å². The van der Waals surface area contributed by atoms with E-state index in [0.29, 0.717) is 23.1 Å². The lowest BCUT2D eigenvalue weighted by Gasteiger charge is -2.14. The highest BCUT2D eigenvalue weighted by Gasteiger charge is 2.28. The van der Waals surface area contributed by atoms with Crippen LogP contribution >= 0.6 is 11.6 Å². The van der Waals surface area contributed by atoms with Crippen LogP contribution in [0.2, 0.25) is 5.02 Å². The fourth-order valence-corrected chi connectivity index (χ4v) is 2.82. The molecule has 1 aliphatic heterocycles. The minimum Gasteiger partial charge on any atom is -0.489 e. The van der Waals surface area contributed by atoms with Crippen molar-refractivity contribution in [3.63, 3.8) is 0 Å². The second kappa shape index (κ2) is 8.09. The number of hydrogen-bond donors (Lipinski definition) is 2. The standard InChI is InChI=1S/C19H18ClN3O4/c1-12-5-6-15(21-17(24)9-23-10-18(25)22-19(23)26)8-16(12)27-11-13-3-2-4-14(20)7-13/h2-8H,9-11H2,1H3,(H,21,24)(H,22,25,26). The van der Waals surface area contributed by atoms with Crippen LogP contribution in [0.25, 0.3) is 0 Å². The number of rotatable bonds is 6. The molecule has 0 aliphatic carbocycles. The molecule has 1 fully saturated rings. The Bertz CT molecular complexity index is 900. The van der Waals surface area contributed by atoms with E-state index in [0.717, 1.165) is 16.0 Å². The highest BCUT2D eigenvalue weighted by Crippen LogP contribution is 2.24. The largest absolute Gasteiger partial charge is 0.489 e. The van der Waals surface area contributed by atoms with Crippen molar-refractivity contribution in [2.75, 3.05) is 18.4 Å². The molecule has 0 radical (unpaired) electrons. The lowest BCUT2D eigenvalue weighted by atomic mass is 10.2. The molecule has 2 N–H and O–H groups in total. The number of amides is 4. The molecule has 7 nitrogen and oxygen atoms in total. The molecule has 2 aromatic carbocycles. The van der Waals surface area contributed by atoms with Crippen LogP contribution in [0, 0.1) is 6.92 Å². The summed E-state index contributed by atoms with van der Waals surface area (Å²) in [5.41, 5.74) is 2.39. The molecule has 0 saturated carbocycles. The number of aryl methyl sites for hydroxylation is 1. The summed E-state index contributed by atoms with van der Waals surface area (Å²) in [6.45, 7) is 1.92. The van der Waals surface area contributed by atoms with Crippen LogP contribution < -0.4 is 15.4 Å². The van der Waals surface area contributed by atoms with Crippen molar-refractivity contribution in [1.82, 2.24) is 10.2 Å². The monoisotopic (exact) mass is 387 g/mol. The summed E-state index contributed by atoms with van der Waals surface area (Å²) in [4.78, 5) is 35.9. The Kier molecular flexibility index (Phi) is 5.61. The third-order valence-corrected chi connectivity index (χ3v) is 4.19. The maximum absolute atomic E-state index is 12.1. The van der Waals surface area contributed by atoms with Crippen LogP contribution in [0.4, 0.5) is 10.5 Å². The number of anilines is 1. The van der Waals surface area contributed by atoms with Crippen LogP contribution in [0.3, 0.4) is 0 Å². The number of hydrogen-bond acceptors (Lipinski definition) is 4. The predicted octanol–water partition coefficient (Wildman–Crippen LogP) is 2.72. The lowest BCUT2D eigenvalue weighted by Crippen LogP contribution is -2.35. The highest BCUT2D eigenvalue weighted by atomic mass is 35.5. The first-order valence-electron chi connectivity index (χ1n) is 8.27. The minimum atomic E-state index is -0.565. The second-order valence-electron chi connectivity index (χ2n) is 6.16. The van der Waals surface area contributed by atoms with Crippen molar-refractivity contribution in [3.8, 4) is 5.75 Å². The second-order valence-corrected chi connectivity index (χ2v) is 6.59. The molecule has 0 aromatic heterocycles. The van der Waals surface area contributed by atoms with Gasteiger partial charge in [0.1, 0.15) is 25.4 Å². The van der Waals surface area contributed by atoms with Gasteiger partial charge in [0.25, 0.3) is 0 Å². The van der Waals surface area contributed by atoms with Gasteiger partial charge in [0.15, 0.2) is 0 Å². The molecular weight excluding hydrogens is 370 g/mol. The minimum absolute atomic E-state index is 0.117. The van der Waals surface area contributed by atoms with Gasteiger partial charge in [-0.05, 0) is 36.2 Å². The van der Waals surface area contributed by atoms with Crippen LogP contribution in [0.5, 0.6) is 5.75 Å². The Hall–Kier alpha value is -3.06. The molecule has 0 bridgehead atoms. The third kappa shape index (κ3) is 4.98. The SMILES string of the molecule is Cc1ccc(NC(=O)CN2CC(=O)NC2=O)cc1OCc1cccc(Cl)c1. The van der Waals surface area contributed by atoms with Gasteiger partial charge in [-0.2, -0.15) is 0 Å². The normalized spacial score (nSPS) is 13.5. The topological polar surface area (TPSA) is 87.7 Å². The van der Waals surface area contributed by atoms with Crippen molar-refractivity contribution in [2.24, 2.45) is 0 Å². The molecule has 3 rings (SSSR count). The van der Waals surface area contributed by atoms with Gasteiger partial charge in [-0.3, -0.25) is 14.9 Å². The van der Waals surface area contributed by atoms with Gasteiger partial charge < -0.3 is 15.0 Å². The van der Waals surface area contributed by atoms with Crippen molar-refractivity contribution in [3.05, 3.63) is 58.6 Å². The number of urea groups is 1. The fourth-order valence-electron chi connectivity index (χ4n) is 2.61. The maximum Gasteiger partial charge on any atom is 0.325 e. The van der Waals surface area contributed by atoms with E-state index in [-0.39, 0.29) is 13.1 Å². The number of carbonyl (C=O) groups is 3. The Morgan fingerprint density at radius 1 is 1.26 bits per heavy atom. The van der Waals surface area contributed by atoms with Gasteiger partial charge in [-0.15, -0.1) is 0 Å². The molecule has 140 valence electrons. The van der Waals surface area contributed by atoms with Gasteiger partial charge in [-0.25, -0.2) is 4.79 Å². The summed E-state index contributed by atoms with van der Waals surface area (Å²) in [7, 11) is 0. The molecule has 1 aliphatic rings. The van der Waals surface area contributed by atoms with Gasteiger partial charge >= 0.3 is 6.03 Å².